The SMILES string of the molecule is Clc1ccc(CNc2ccncn2)cc1. The van der Waals surface area contributed by atoms with E-state index in [1.807, 2.05) is 30.3 Å². The summed E-state index contributed by atoms with van der Waals surface area (Å²) in [5.74, 6) is 0.819. The molecule has 2 aromatic rings. The van der Waals surface area contributed by atoms with Crippen molar-refractivity contribution in [1.29, 1.82) is 0 Å². The second kappa shape index (κ2) is 4.75. The molecule has 76 valence electrons. The summed E-state index contributed by atoms with van der Waals surface area (Å²) in [6.07, 6.45) is 3.22. The lowest BCUT2D eigenvalue weighted by Crippen LogP contribution is -2.00. The molecule has 1 N–H and O–H groups in total. The zero-order valence-corrected chi connectivity index (χ0v) is 8.78. The Morgan fingerprint density at radius 1 is 1.13 bits per heavy atom. The predicted molar refractivity (Wildman–Crippen MR) is 60.8 cm³/mol. The third-order valence-corrected chi connectivity index (χ3v) is 2.22. The highest BCUT2D eigenvalue weighted by Gasteiger charge is 1.94. The molecule has 15 heavy (non-hydrogen) atoms. The zero-order valence-electron chi connectivity index (χ0n) is 8.02. The molecule has 0 aliphatic carbocycles. The van der Waals surface area contributed by atoms with Crippen molar-refractivity contribution in [1.82, 2.24) is 9.97 Å². The zero-order chi connectivity index (χ0) is 10.5. The Morgan fingerprint density at radius 3 is 2.60 bits per heavy atom. The molecular weight excluding hydrogens is 210 g/mol. The summed E-state index contributed by atoms with van der Waals surface area (Å²) >= 11 is 5.79. The Kier molecular flexibility index (Phi) is 3.15. The summed E-state index contributed by atoms with van der Waals surface area (Å²) in [6, 6.07) is 9.54. The van der Waals surface area contributed by atoms with Gasteiger partial charge >= 0.3 is 0 Å². The second-order valence-corrected chi connectivity index (χ2v) is 3.51. The average Bonchev–Trinajstić information content (AvgIpc) is 2.30. The van der Waals surface area contributed by atoms with Crippen LogP contribution in [0.3, 0.4) is 0 Å². The van der Waals surface area contributed by atoms with Crippen molar-refractivity contribution in [2.24, 2.45) is 0 Å². The largest absolute Gasteiger partial charge is 0.366 e. The van der Waals surface area contributed by atoms with Crippen LogP contribution in [0.25, 0.3) is 0 Å². The van der Waals surface area contributed by atoms with E-state index in [0.29, 0.717) is 0 Å². The molecule has 4 heteroatoms. The summed E-state index contributed by atoms with van der Waals surface area (Å²) in [7, 11) is 0. The summed E-state index contributed by atoms with van der Waals surface area (Å²) in [6.45, 7) is 0.730. The predicted octanol–water partition coefficient (Wildman–Crippen LogP) is 2.74. The van der Waals surface area contributed by atoms with Crippen LogP contribution < -0.4 is 5.32 Å². The molecule has 0 spiro atoms. The van der Waals surface area contributed by atoms with Gasteiger partial charge in [0.15, 0.2) is 0 Å². The van der Waals surface area contributed by atoms with Crippen LogP contribution in [0.4, 0.5) is 5.82 Å². The minimum atomic E-state index is 0.730. The number of benzene rings is 1. The summed E-state index contributed by atoms with van der Waals surface area (Å²) in [4.78, 5) is 7.91. The first kappa shape index (κ1) is 9.93. The minimum Gasteiger partial charge on any atom is -0.366 e. The highest BCUT2D eigenvalue weighted by atomic mass is 35.5. The van der Waals surface area contributed by atoms with Crippen molar-refractivity contribution >= 4 is 17.4 Å². The number of rotatable bonds is 3. The van der Waals surface area contributed by atoms with Gasteiger partial charge in [-0.25, -0.2) is 9.97 Å². The molecule has 0 radical (unpaired) electrons. The Hall–Kier alpha value is -1.61. The second-order valence-electron chi connectivity index (χ2n) is 3.07. The molecule has 0 saturated heterocycles. The first-order valence-corrected chi connectivity index (χ1v) is 4.97. The highest BCUT2D eigenvalue weighted by molar-refractivity contribution is 6.30. The maximum Gasteiger partial charge on any atom is 0.129 e. The van der Waals surface area contributed by atoms with E-state index in [9.17, 15) is 0 Å². The van der Waals surface area contributed by atoms with Gasteiger partial charge in [-0.2, -0.15) is 0 Å². The lowest BCUT2D eigenvalue weighted by Gasteiger charge is -2.04. The molecule has 0 aliphatic heterocycles. The van der Waals surface area contributed by atoms with E-state index in [2.05, 4.69) is 15.3 Å². The van der Waals surface area contributed by atoms with Crippen molar-refractivity contribution in [3.63, 3.8) is 0 Å². The average molecular weight is 220 g/mol. The molecular formula is C11H10ClN3. The summed E-state index contributed by atoms with van der Waals surface area (Å²) < 4.78 is 0. The number of hydrogen-bond acceptors (Lipinski definition) is 3. The number of aromatic nitrogens is 2. The van der Waals surface area contributed by atoms with Gasteiger partial charge in [-0.1, -0.05) is 23.7 Å². The fraction of sp³-hybridized carbons (Fsp3) is 0.0909. The third kappa shape index (κ3) is 2.92. The number of nitrogens with one attached hydrogen (secondary N) is 1. The van der Waals surface area contributed by atoms with Crippen molar-refractivity contribution in [2.45, 2.75) is 6.54 Å². The lowest BCUT2D eigenvalue weighted by molar-refractivity contribution is 1.08. The first-order chi connectivity index (χ1) is 7.34. The molecule has 3 nitrogen and oxygen atoms in total. The molecule has 0 bridgehead atoms. The van der Waals surface area contributed by atoms with Crippen LogP contribution in [0.15, 0.2) is 42.9 Å². The van der Waals surface area contributed by atoms with Crippen molar-refractivity contribution in [3.8, 4) is 0 Å². The van der Waals surface area contributed by atoms with Crippen molar-refractivity contribution in [3.05, 3.63) is 53.4 Å². The van der Waals surface area contributed by atoms with Crippen LogP contribution in [0.1, 0.15) is 5.56 Å². The normalized spacial score (nSPS) is 9.93. The van der Waals surface area contributed by atoms with E-state index < -0.39 is 0 Å². The van der Waals surface area contributed by atoms with E-state index in [0.717, 1.165) is 22.9 Å². The topological polar surface area (TPSA) is 37.8 Å². The van der Waals surface area contributed by atoms with Gasteiger partial charge in [0.25, 0.3) is 0 Å². The quantitative estimate of drug-likeness (QED) is 0.863. The van der Waals surface area contributed by atoms with Crippen LogP contribution in [0.5, 0.6) is 0 Å². The van der Waals surface area contributed by atoms with E-state index in [1.54, 1.807) is 6.20 Å². The lowest BCUT2D eigenvalue weighted by atomic mass is 10.2. The summed E-state index contributed by atoms with van der Waals surface area (Å²) in [5, 5.41) is 3.94. The fourth-order valence-corrected chi connectivity index (χ4v) is 1.32. The fourth-order valence-electron chi connectivity index (χ4n) is 1.19. The Bertz CT molecular complexity index is 414. The Morgan fingerprint density at radius 2 is 1.93 bits per heavy atom. The smallest absolute Gasteiger partial charge is 0.129 e. The van der Waals surface area contributed by atoms with Gasteiger partial charge in [0.1, 0.15) is 12.1 Å². The molecule has 0 aliphatic rings. The molecule has 0 unspecified atom stereocenters. The molecule has 0 amide bonds. The molecule has 2 rings (SSSR count). The highest BCUT2D eigenvalue weighted by Crippen LogP contribution is 2.10. The van der Waals surface area contributed by atoms with E-state index in [1.165, 1.54) is 6.33 Å². The first-order valence-electron chi connectivity index (χ1n) is 4.59. The number of hydrogen-bond donors (Lipinski definition) is 1. The monoisotopic (exact) mass is 219 g/mol. The van der Waals surface area contributed by atoms with Gasteiger partial charge in [-0.15, -0.1) is 0 Å². The van der Waals surface area contributed by atoms with E-state index in [4.69, 9.17) is 11.6 Å². The van der Waals surface area contributed by atoms with Gasteiger partial charge in [-0.3, -0.25) is 0 Å². The maximum atomic E-state index is 5.79. The standard InChI is InChI=1S/C11H10ClN3/c12-10-3-1-9(2-4-10)7-14-11-5-6-13-8-15-11/h1-6,8H,7H2,(H,13,14,15). The van der Waals surface area contributed by atoms with Crippen LogP contribution in [0.2, 0.25) is 5.02 Å². The van der Waals surface area contributed by atoms with E-state index >= 15 is 0 Å². The Balaban J connectivity index is 1.96. The van der Waals surface area contributed by atoms with Gasteiger partial charge in [-0.05, 0) is 23.8 Å². The van der Waals surface area contributed by atoms with E-state index in [-0.39, 0.29) is 0 Å². The van der Waals surface area contributed by atoms with Gasteiger partial charge in [0.2, 0.25) is 0 Å². The molecule has 0 fully saturated rings. The number of halogens is 1. The molecule has 1 aromatic carbocycles. The molecule has 0 atom stereocenters. The third-order valence-electron chi connectivity index (χ3n) is 1.97. The van der Waals surface area contributed by atoms with Gasteiger partial charge in [0.05, 0.1) is 0 Å². The van der Waals surface area contributed by atoms with Crippen LogP contribution in [-0.4, -0.2) is 9.97 Å². The minimum absolute atomic E-state index is 0.730. The van der Waals surface area contributed by atoms with Crippen molar-refractivity contribution in [2.75, 3.05) is 5.32 Å². The van der Waals surface area contributed by atoms with Crippen LogP contribution in [-0.2, 0) is 6.54 Å². The van der Waals surface area contributed by atoms with Crippen molar-refractivity contribution < 1.29 is 0 Å². The van der Waals surface area contributed by atoms with Crippen LogP contribution in [0, 0.1) is 0 Å². The molecule has 1 heterocycles. The maximum absolute atomic E-state index is 5.79. The Labute approximate surface area is 93.1 Å². The summed E-state index contributed by atoms with van der Waals surface area (Å²) in [5.41, 5.74) is 1.16. The van der Waals surface area contributed by atoms with Gasteiger partial charge in [0, 0.05) is 17.8 Å². The van der Waals surface area contributed by atoms with Crippen LogP contribution >= 0.6 is 11.6 Å². The van der Waals surface area contributed by atoms with Gasteiger partial charge < -0.3 is 5.32 Å². The molecule has 0 saturated carbocycles. The number of nitrogens with zero attached hydrogens (tertiary/aromatic N) is 2. The number of anilines is 1. The molecule has 1 aromatic heterocycles.